The van der Waals surface area contributed by atoms with E-state index in [0.717, 1.165) is 32.7 Å². The Morgan fingerprint density at radius 2 is 1.48 bits per heavy atom. The Morgan fingerprint density at radius 1 is 0.952 bits per heavy atom. The number of nitrogens with one attached hydrogen (secondary N) is 1. The maximum absolute atomic E-state index is 13.4. The molecule has 1 N–H and O–H groups in total. The van der Waals surface area contributed by atoms with Crippen LogP contribution in [0.3, 0.4) is 0 Å². The Labute approximate surface area is 120 Å². The summed E-state index contributed by atoms with van der Waals surface area (Å²) in [4.78, 5) is 6.94. The van der Waals surface area contributed by atoms with E-state index in [1.165, 1.54) is 0 Å². The van der Waals surface area contributed by atoms with Crippen molar-refractivity contribution < 1.29 is 17.6 Å². The van der Waals surface area contributed by atoms with E-state index in [-0.39, 0.29) is 6.54 Å². The fraction of sp³-hybridized carbons (Fsp3) is 0.615. The molecule has 0 unspecified atom stereocenters. The largest absolute Gasteiger partial charge is 0.379 e. The first-order chi connectivity index (χ1) is 10.0. The minimum Gasteiger partial charge on any atom is -0.379 e. The van der Waals surface area contributed by atoms with Crippen LogP contribution in [0.15, 0.2) is 0 Å². The lowest BCUT2D eigenvalue weighted by atomic mass is 10.3. The number of hydrogen-bond acceptors (Lipinski definition) is 4. The van der Waals surface area contributed by atoms with Gasteiger partial charge in [0, 0.05) is 39.3 Å². The second kappa shape index (κ2) is 7.04. The van der Waals surface area contributed by atoms with Gasteiger partial charge in [0.15, 0.2) is 0 Å². The number of hydrogen-bond donors (Lipinski definition) is 1. The Hall–Kier alpha value is -1.41. The van der Waals surface area contributed by atoms with E-state index in [0.29, 0.717) is 6.54 Å². The molecule has 2 rings (SSSR count). The number of piperazine rings is 1. The van der Waals surface area contributed by atoms with Crippen molar-refractivity contribution in [1.82, 2.24) is 14.8 Å². The molecule has 118 valence electrons. The highest BCUT2D eigenvalue weighted by atomic mass is 19.2. The highest BCUT2D eigenvalue weighted by Gasteiger charge is 2.21. The Morgan fingerprint density at radius 3 is 2.00 bits per heavy atom. The topological polar surface area (TPSA) is 31.4 Å². The van der Waals surface area contributed by atoms with Gasteiger partial charge in [0.25, 0.3) is 11.9 Å². The molecule has 1 fully saturated rings. The first-order valence-electron chi connectivity index (χ1n) is 6.91. The summed E-state index contributed by atoms with van der Waals surface area (Å²) in [5, 5.41) is 2.41. The number of aromatic nitrogens is 1. The van der Waals surface area contributed by atoms with Gasteiger partial charge in [-0.05, 0) is 6.54 Å². The monoisotopic (exact) mass is 306 g/mol. The van der Waals surface area contributed by atoms with E-state index in [1.807, 2.05) is 0 Å². The SMILES string of the molecule is CCN1CCN(CCNc2c(F)c(F)nc(F)c2F)CC1. The van der Waals surface area contributed by atoms with E-state index >= 15 is 0 Å². The lowest BCUT2D eigenvalue weighted by Crippen LogP contribution is -2.47. The molecule has 8 heteroatoms. The van der Waals surface area contributed by atoms with Crippen molar-refractivity contribution in [2.45, 2.75) is 6.92 Å². The molecule has 1 aliphatic heterocycles. The maximum Gasteiger partial charge on any atom is 0.253 e. The fourth-order valence-electron chi connectivity index (χ4n) is 2.31. The van der Waals surface area contributed by atoms with Gasteiger partial charge in [0.1, 0.15) is 5.69 Å². The van der Waals surface area contributed by atoms with Crippen molar-refractivity contribution in [2.24, 2.45) is 0 Å². The molecule has 0 spiro atoms. The van der Waals surface area contributed by atoms with E-state index in [2.05, 4.69) is 27.0 Å². The van der Waals surface area contributed by atoms with Crippen LogP contribution in [0.1, 0.15) is 6.92 Å². The van der Waals surface area contributed by atoms with Crippen LogP contribution in [0, 0.1) is 23.5 Å². The highest BCUT2D eigenvalue weighted by Crippen LogP contribution is 2.21. The van der Waals surface area contributed by atoms with Gasteiger partial charge in [0.05, 0.1) is 0 Å². The summed E-state index contributed by atoms with van der Waals surface area (Å²) in [6, 6.07) is 0. The van der Waals surface area contributed by atoms with Crippen LogP contribution < -0.4 is 5.32 Å². The molecule has 0 radical (unpaired) electrons. The van der Waals surface area contributed by atoms with Gasteiger partial charge < -0.3 is 10.2 Å². The molecule has 0 aliphatic carbocycles. The number of anilines is 1. The van der Waals surface area contributed by atoms with Crippen LogP contribution in [0.5, 0.6) is 0 Å². The van der Waals surface area contributed by atoms with Gasteiger partial charge in [-0.15, -0.1) is 0 Å². The van der Waals surface area contributed by atoms with Crippen LogP contribution in [0.2, 0.25) is 0 Å². The summed E-state index contributed by atoms with van der Waals surface area (Å²) in [6.07, 6.45) is 0. The van der Waals surface area contributed by atoms with Crippen LogP contribution in [0.4, 0.5) is 23.2 Å². The minimum atomic E-state index is -1.65. The molecule has 0 atom stereocenters. The summed E-state index contributed by atoms with van der Waals surface area (Å²) >= 11 is 0. The van der Waals surface area contributed by atoms with Crippen molar-refractivity contribution in [2.75, 3.05) is 51.1 Å². The molecule has 0 saturated carbocycles. The summed E-state index contributed by atoms with van der Waals surface area (Å²) in [5.74, 6) is -6.28. The summed E-state index contributed by atoms with van der Waals surface area (Å²) in [5.41, 5.74) is -0.799. The number of rotatable bonds is 5. The molecule has 2 heterocycles. The average molecular weight is 306 g/mol. The third kappa shape index (κ3) is 3.82. The summed E-state index contributed by atoms with van der Waals surface area (Å²) in [6.45, 7) is 7.44. The van der Waals surface area contributed by atoms with E-state index in [1.54, 1.807) is 0 Å². The Balaban J connectivity index is 1.87. The second-order valence-corrected chi connectivity index (χ2v) is 4.90. The molecule has 4 nitrogen and oxygen atoms in total. The molecule has 0 amide bonds. The van der Waals surface area contributed by atoms with Gasteiger partial charge in [-0.2, -0.15) is 22.5 Å². The Kier molecular flexibility index (Phi) is 5.35. The van der Waals surface area contributed by atoms with Gasteiger partial charge in [-0.3, -0.25) is 4.90 Å². The standard InChI is InChI=1S/C13H18F4N4/c1-2-20-5-7-21(8-6-20)4-3-18-11-9(14)12(16)19-13(17)10(11)15/h2-8H2,1H3,(H,18,19). The van der Waals surface area contributed by atoms with Crippen LogP contribution in [-0.4, -0.2) is 60.6 Å². The third-order valence-corrected chi connectivity index (χ3v) is 3.64. The number of halogens is 4. The molecule has 21 heavy (non-hydrogen) atoms. The molecular formula is C13H18F4N4. The van der Waals surface area contributed by atoms with Crippen LogP contribution in [-0.2, 0) is 0 Å². The number of likely N-dealkylation sites (N-methyl/N-ethyl adjacent to an activating group) is 1. The lowest BCUT2D eigenvalue weighted by Gasteiger charge is -2.34. The zero-order chi connectivity index (χ0) is 15.4. The number of nitrogens with zero attached hydrogens (tertiary/aromatic N) is 3. The van der Waals surface area contributed by atoms with Gasteiger partial charge >= 0.3 is 0 Å². The van der Waals surface area contributed by atoms with E-state index in [4.69, 9.17) is 0 Å². The van der Waals surface area contributed by atoms with Gasteiger partial charge in [-0.25, -0.2) is 0 Å². The van der Waals surface area contributed by atoms with Crippen molar-refractivity contribution in [3.05, 3.63) is 23.5 Å². The van der Waals surface area contributed by atoms with Crippen LogP contribution >= 0.6 is 0 Å². The van der Waals surface area contributed by atoms with Gasteiger partial charge in [0.2, 0.25) is 11.6 Å². The zero-order valence-corrected chi connectivity index (χ0v) is 11.8. The highest BCUT2D eigenvalue weighted by molar-refractivity contribution is 5.45. The molecule has 0 aromatic carbocycles. The van der Waals surface area contributed by atoms with Gasteiger partial charge in [-0.1, -0.05) is 6.92 Å². The minimum absolute atomic E-state index is 0.197. The first kappa shape index (κ1) is 16.0. The molecule has 1 aromatic rings. The van der Waals surface area contributed by atoms with Crippen molar-refractivity contribution in [3.8, 4) is 0 Å². The maximum atomic E-state index is 13.4. The molecule has 1 saturated heterocycles. The fourth-order valence-corrected chi connectivity index (χ4v) is 2.31. The van der Waals surface area contributed by atoms with Crippen molar-refractivity contribution in [3.63, 3.8) is 0 Å². The molecule has 1 aromatic heterocycles. The van der Waals surface area contributed by atoms with E-state index < -0.39 is 29.2 Å². The van der Waals surface area contributed by atoms with Crippen LogP contribution in [0.25, 0.3) is 0 Å². The van der Waals surface area contributed by atoms with Crippen molar-refractivity contribution >= 4 is 5.69 Å². The predicted molar refractivity (Wildman–Crippen MR) is 71.1 cm³/mol. The average Bonchev–Trinajstić information content (AvgIpc) is 2.49. The quantitative estimate of drug-likeness (QED) is 0.662. The molecule has 1 aliphatic rings. The first-order valence-corrected chi connectivity index (χ1v) is 6.91. The number of pyridine rings is 1. The summed E-state index contributed by atoms with van der Waals surface area (Å²) in [7, 11) is 0. The normalized spacial score (nSPS) is 17.2. The Bertz CT molecular complexity index is 463. The summed E-state index contributed by atoms with van der Waals surface area (Å²) < 4.78 is 52.6. The molecular weight excluding hydrogens is 288 g/mol. The zero-order valence-electron chi connectivity index (χ0n) is 11.8. The lowest BCUT2D eigenvalue weighted by molar-refractivity contribution is 0.141. The second-order valence-electron chi connectivity index (χ2n) is 4.90. The molecule has 0 bridgehead atoms. The third-order valence-electron chi connectivity index (χ3n) is 3.64. The van der Waals surface area contributed by atoms with Crippen molar-refractivity contribution in [1.29, 1.82) is 0 Å². The van der Waals surface area contributed by atoms with E-state index in [9.17, 15) is 17.6 Å². The smallest absolute Gasteiger partial charge is 0.253 e. The predicted octanol–water partition coefficient (Wildman–Crippen LogP) is 1.69.